The standard InChI is InChI=1S/C31H28ClFN2O5/c1-17(2)40-28-15-19(7-10-26(28)34-29(36)24-16-21(33)8-9-25(24)32)30(37)35-12-11-18-13-20(31(38)39)14-23(18)22-5-3-4-6-27(22)35/h3-10,14-18,23H,11-13H2,1-2H3,(H,34,36)(H,38,39)/t18?,23-/m0/s1. The number of anilines is 2. The molecule has 2 N–H and O–H groups in total. The van der Waals surface area contributed by atoms with Crippen molar-refractivity contribution in [1.29, 1.82) is 0 Å². The quantitative estimate of drug-likeness (QED) is 0.349. The number of allylic oxidation sites excluding steroid dienone is 1. The van der Waals surface area contributed by atoms with Crippen molar-refractivity contribution >= 4 is 40.8 Å². The van der Waals surface area contributed by atoms with Crippen LogP contribution < -0.4 is 15.0 Å². The summed E-state index contributed by atoms with van der Waals surface area (Å²) in [6, 6.07) is 15.9. The van der Waals surface area contributed by atoms with Crippen LogP contribution in [-0.4, -0.2) is 35.5 Å². The summed E-state index contributed by atoms with van der Waals surface area (Å²) in [5.41, 5.74) is 2.73. The van der Waals surface area contributed by atoms with Crippen molar-refractivity contribution in [3.8, 4) is 5.75 Å². The van der Waals surface area contributed by atoms with Gasteiger partial charge in [0.05, 0.1) is 22.4 Å². The molecular weight excluding hydrogens is 535 g/mol. The van der Waals surface area contributed by atoms with Gasteiger partial charge in [0.2, 0.25) is 0 Å². The number of hydrogen-bond acceptors (Lipinski definition) is 4. The highest BCUT2D eigenvalue weighted by Crippen LogP contribution is 2.46. The van der Waals surface area contributed by atoms with Crippen LogP contribution in [0, 0.1) is 11.7 Å². The number of carboxylic acids is 1. The number of carbonyl (C=O) groups is 3. The van der Waals surface area contributed by atoms with Gasteiger partial charge in [-0.2, -0.15) is 0 Å². The highest BCUT2D eigenvalue weighted by Gasteiger charge is 2.37. The van der Waals surface area contributed by atoms with E-state index in [1.165, 1.54) is 12.1 Å². The van der Waals surface area contributed by atoms with Crippen molar-refractivity contribution in [2.75, 3.05) is 16.8 Å². The summed E-state index contributed by atoms with van der Waals surface area (Å²) in [6.07, 6.45) is 2.67. The molecule has 0 saturated heterocycles. The zero-order valence-corrected chi connectivity index (χ0v) is 22.7. The van der Waals surface area contributed by atoms with Crippen LogP contribution >= 0.6 is 11.6 Å². The van der Waals surface area contributed by atoms with Gasteiger partial charge in [-0.05, 0) is 80.6 Å². The molecule has 0 fully saturated rings. The summed E-state index contributed by atoms with van der Waals surface area (Å²) in [5.74, 6) is -2.04. The molecule has 3 aromatic rings. The molecule has 40 heavy (non-hydrogen) atoms. The van der Waals surface area contributed by atoms with Gasteiger partial charge in [0.15, 0.2) is 0 Å². The molecule has 206 valence electrons. The fraction of sp³-hybridized carbons (Fsp3) is 0.258. The predicted octanol–water partition coefficient (Wildman–Crippen LogP) is 6.68. The molecule has 1 aliphatic carbocycles. The van der Waals surface area contributed by atoms with Gasteiger partial charge in [-0.3, -0.25) is 9.59 Å². The van der Waals surface area contributed by atoms with E-state index in [0.29, 0.717) is 36.2 Å². The number of fused-ring (bicyclic) bond motifs is 3. The van der Waals surface area contributed by atoms with Crippen molar-refractivity contribution in [3.63, 3.8) is 0 Å². The molecule has 0 bridgehead atoms. The molecule has 0 saturated carbocycles. The molecule has 2 atom stereocenters. The van der Waals surface area contributed by atoms with E-state index in [2.05, 4.69) is 5.32 Å². The van der Waals surface area contributed by atoms with E-state index < -0.39 is 17.7 Å². The Balaban J connectivity index is 1.46. The monoisotopic (exact) mass is 562 g/mol. The normalized spacial score (nSPS) is 17.9. The molecular formula is C31H28ClFN2O5. The first-order valence-electron chi connectivity index (χ1n) is 13.0. The second-order valence-electron chi connectivity index (χ2n) is 10.2. The van der Waals surface area contributed by atoms with Crippen molar-refractivity contribution < 1.29 is 28.6 Å². The van der Waals surface area contributed by atoms with Crippen molar-refractivity contribution in [1.82, 2.24) is 0 Å². The van der Waals surface area contributed by atoms with Crippen molar-refractivity contribution in [2.45, 2.75) is 38.7 Å². The van der Waals surface area contributed by atoms with Gasteiger partial charge in [0.1, 0.15) is 11.6 Å². The molecule has 5 rings (SSSR count). The van der Waals surface area contributed by atoms with Gasteiger partial charge >= 0.3 is 5.97 Å². The van der Waals surface area contributed by atoms with E-state index >= 15 is 0 Å². The van der Waals surface area contributed by atoms with E-state index in [1.807, 2.05) is 44.2 Å². The Hall–Kier alpha value is -4.17. The number of halogens is 2. The number of para-hydroxylation sites is 1. The maximum atomic E-state index is 13.9. The third kappa shape index (κ3) is 5.45. The second-order valence-corrected chi connectivity index (χ2v) is 10.7. The minimum atomic E-state index is -0.900. The first kappa shape index (κ1) is 27.4. The average molecular weight is 563 g/mol. The molecule has 1 unspecified atom stereocenters. The van der Waals surface area contributed by atoms with E-state index in [1.54, 1.807) is 23.1 Å². The fourth-order valence-electron chi connectivity index (χ4n) is 5.38. The van der Waals surface area contributed by atoms with Crippen molar-refractivity contribution in [3.05, 3.63) is 99.8 Å². The third-order valence-corrected chi connectivity index (χ3v) is 7.54. The Morgan fingerprint density at radius 1 is 1.10 bits per heavy atom. The summed E-state index contributed by atoms with van der Waals surface area (Å²) in [6.45, 7) is 4.08. The maximum Gasteiger partial charge on any atom is 0.331 e. The maximum absolute atomic E-state index is 13.9. The van der Waals surface area contributed by atoms with E-state index in [0.717, 1.165) is 17.3 Å². The number of carboxylic acid groups (broad SMARTS) is 1. The molecule has 2 amide bonds. The minimum Gasteiger partial charge on any atom is -0.489 e. The Labute approximate surface area is 236 Å². The summed E-state index contributed by atoms with van der Waals surface area (Å²) in [7, 11) is 0. The van der Waals surface area contributed by atoms with E-state index in [9.17, 15) is 23.9 Å². The van der Waals surface area contributed by atoms with Gasteiger partial charge in [-0.15, -0.1) is 0 Å². The molecule has 3 aromatic carbocycles. The number of nitrogens with zero attached hydrogens (tertiary/aromatic N) is 1. The Kier molecular flexibility index (Phi) is 7.63. The average Bonchev–Trinajstić information content (AvgIpc) is 3.29. The molecule has 0 spiro atoms. The van der Waals surface area contributed by atoms with Gasteiger partial charge in [-0.1, -0.05) is 35.9 Å². The first-order chi connectivity index (χ1) is 19.1. The predicted molar refractivity (Wildman–Crippen MR) is 151 cm³/mol. The number of hydrogen-bond donors (Lipinski definition) is 2. The number of aliphatic carboxylic acids is 1. The van der Waals surface area contributed by atoms with Crippen LogP contribution in [0.15, 0.2) is 72.3 Å². The van der Waals surface area contributed by atoms with Gasteiger partial charge in [-0.25, -0.2) is 9.18 Å². The van der Waals surface area contributed by atoms with Crippen LogP contribution in [0.25, 0.3) is 0 Å². The Morgan fingerprint density at radius 2 is 1.88 bits per heavy atom. The number of benzene rings is 3. The number of nitrogens with one attached hydrogen (secondary N) is 1. The largest absolute Gasteiger partial charge is 0.489 e. The Morgan fingerprint density at radius 3 is 2.62 bits per heavy atom. The lowest BCUT2D eigenvalue weighted by Crippen LogP contribution is -2.32. The van der Waals surface area contributed by atoms with Crippen LogP contribution in [0.1, 0.15) is 58.9 Å². The first-order valence-corrected chi connectivity index (χ1v) is 13.4. The molecule has 1 heterocycles. The summed E-state index contributed by atoms with van der Waals surface area (Å²) < 4.78 is 19.7. The molecule has 2 aliphatic rings. The lowest BCUT2D eigenvalue weighted by molar-refractivity contribution is -0.132. The number of rotatable bonds is 6. The molecule has 0 radical (unpaired) electrons. The van der Waals surface area contributed by atoms with Gasteiger partial charge < -0.3 is 20.1 Å². The smallest absolute Gasteiger partial charge is 0.331 e. The SMILES string of the molecule is CC(C)Oc1cc(C(=O)N2CCC3CC(C(=O)O)=C[C@@H]3c3ccccc32)ccc1NC(=O)c1cc(F)ccc1Cl. The van der Waals surface area contributed by atoms with Crippen LogP contribution in [0.5, 0.6) is 5.75 Å². The van der Waals surface area contributed by atoms with Crippen LogP contribution in [-0.2, 0) is 4.79 Å². The lowest BCUT2D eigenvalue weighted by Gasteiger charge is -2.24. The highest BCUT2D eigenvalue weighted by molar-refractivity contribution is 6.34. The fourth-order valence-corrected chi connectivity index (χ4v) is 5.59. The van der Waals surface area contributed by atoms with Gasteiger partial charge in [0, 0.05) is 29.3 Å². The van der Waals surface area contributed by atoms with E-state index in [-0.39, 0.29) is 40.2 Å². The van der Waals surface area contributed by atoms with Crippen LogP contribution in [0.4, 0.5) is 15.8 Å². The highest BCUT2D eigenvalue weighted by atomic mass is 35.5. The number of amides is 2. The van der Waals surface area contributed by atoms with E-state index in [4.69, 9.17) is 16.3 Å². The molecule has 0 aromatic heterocycles. The summed E-state index contributed by atoms with van der Waals surface area (Å²) in [5, 5.41) is 12.4. The minimum absolute atomic E-state index is 0.0239. The summed E-state index contributed by atoms with van der Waals surface area (Å²) in [4.78, 5) is 40.1. The molecule has 7 nitrogen and oxygen atoms in total. The zero-order valence-electron chi connectivity index (χ0n) is 22.0. The molecule has 9 heteroatoms. The summed E-state index contributed by atoms with van der Waals surface area (Å²) >= 11 is 6.11. The van der Waals surface area contributed by atoms with Crippen LogP contribution in [0.3, 0.4) is 0 Å². The lowest BCUT2D eigenvalue weighted by atomic mass is 9.87. The number of ether oxygens (including phenoxy) is 1. The zero-order chi connectivity index (χ0) is 28.6. The third-order valence-electron chi connectivity index (χ3n) is 7.21. The van der Waals surface area contributed by atoms with Gasteiger partial charge in [0.25, 0.3) is 11.8 Å². The molecule has 1 aliphatic heterocycles. The van der Waals surface area contributed by atoms with Crippen LogP contribution in [0.2, 0.25) is 5.02 Å². The second kappa shape index (κ2) is 11.1. The Bertz CT molecular complexity index is 1540. The number of carbonyl (C=O) groups excluding carboxylic acids is 2. The van der Waals surface area contributed by atoms with Crippen molar-refractivity contribution in [2.24, 2.45) is 5.92 Å². The topological polar surface area (TPSA) is 95.9 Å².